The molecule has 0 aliphatic carbocycles. The first kappa shape index (κ1) is 11.3. The van der Waals surface area contributed by atoms with E-state index in [1.54, 1.807) is 0 Å². The van der Waals surface area contributed by atoms with Gasteiger partial charge in [0.25, 0.3) is 0 Å². The SMILES string of the molecule is CC1CNCC(COC2CCCOC2)O1. The van der Waals surface area contributed by atoms with E-state index < -0.39 is 0 Å². The Hall–Kier alpha value is -0.160. The molecule has 0 bridgehead atoms. The molecule has 3 unspecified atom stereocenters. The van der Waals surface area contributed by atoms with Gasteiger partial charge in [-0.1, -0.05) is 0 Å². The van der Waals surface area contributed by atoms with Crippen molar-refractivity contribution in [1.29, 1.82) is 0 Å². The largest absolute Gasteiger partial charge is 0.379 e. The van der Waals surface area contributed by atoms with Gasteiger partial charge in [0.1, 0.15) is 0 Å². The number of rotatable bonds is 3. The van der Waals surface area contributed by atoms with Crippen LogP contribution in [0.5, 0.6) is 0 Å². The number of hydrogen-bond donors (Lipinski definition) is 1. The van der Waals surface area contributed by atoms with Crippen LogP contribution in [-0.2, 0) is 14.2 Å². The molecule has 2 fully saturated rings. The maximum Gasteiger partial charge on any atom is 0.0936 e. The summed E-state index contributed by atoms with van der Waals surface area (Å²) in [7, 11) is 0. The van der Waals surface area contributed by atoms with Crippen LogP contribution in [0.2, 0.25) is 0 Å². The van der Waals surface area contributed by atoms with Gasteiger partial charge in [0, 0.05) is 19.7 Å². The molecule has 0 spiro atoms. The summed E-state index contributed by atoms with van der Waals surface area (Å²) in [4.78, 5) is 0. The third-order valence-electron chi connectivity index (χ3n) is 2.86. The molecule has 2 aliphatic rings. The fourth-order valence-electron chi connectivity index (χ4n) is 2.06. The van der Waals surface area contributed by atoms with Gasteiger partial charge in [0.15, 0.2) is 0 Å². The number of morpholine rings is 1. The van der Waals surface area contributed by atoms with Gasteiger partial charge in [-0.3, -0.25) is 0 Å². The third kappa shape index (κ3) is 3.72. The van der Waals surface area contributed by atoms with Crippen molar-refractivity contribution in [2.24, 2.45) is 0 Å². The van der Waals surface area contributed by atoms with E-state index in [0.717, 1.165) is 39.1 Å². The zero-order valence-corrected chi connectivity index (χ0v) is 9.41. The smallest absolute Gasteiger partial charge is 0.0936 e. The molecule has 2 heterocycles. The highest BCUT2D eigenvalue weighted by Gasteiger charge is 2.21. The second kappa shape index (κ2) is 5.80. The van der Waals surface area contributed by atoms with Crippen molar-refractivity contribution in [2.75, 3.05) is 32.9 Å². The highest BCUT2D eigenvalue weighted by atomic mass is 16.6. The highest BCUT2D eigenvalue weighted by molar-refractivity contribution is 4.72. The standard InChI is InChI=1S/C11H21NO3/c1-9-5-12-6-11(15-9)8-14-10-3-2-4-13-7-10/h9-12H,2-8H2,1H3. The maximum atomic E-state index is 5.78. The lowest BCUT2D eigenvalue weighted by molar-refractivity contribution is -0.109. The Labute approximate surface area is 91.3 Å². The molecular weight excluding hydrogens is 194 g/mol. The number of ether oxygens (including phenoxy) is 3. The zero-order chi connectivity index (χ0) is 10.5. The predicted octanol–water partition coefficient (Wildman–Crippen LogP) is 0.559. The van der Waals surface area contributed by atoms with E-state index in [9.17, 15) is 0 Å². The van der Waals surface area contributed by atoms with Crippen molar-refractivity contribution in [3.63, 3.8) is 0 Å². The van der Waals surface area contributed by atoms with Gasteiger partial charge in [0.2, 0.25) is 0 Å². The molecule has 4 heteroatoms. The lowest BCUT2D eigenvalue weighted by atomic mass is 10.2. The van der Waals surface area contributed by atoms with Gasteiger partial charge in [0.05, 0.1) is 31.5 Å². The molecule has 0 aromatic heterocycles. The topological polar surface area (TPSA) is 39.7 Å². The average Bonchev–Trinajstić information content (AvgIpc) is 2.28. The number of hydrogen-bond acceptors (Lipinski definition) is 4. The van der Waals surface area contributed by atoms with Crippen molar-refractivity contribution in [2.45, 2.75) is 38.1 Å². The van der Waals surface area contributed by atoms with Crippen LogP contribution in [0.15, 0.2) is 0 Å². The van der Waals surface area contributed by atoms with Crippen LogP contribution in [0.3, 0.4) is 0 Å². The third-order valence-corrected chi connectivity index (χ3v) is 2.86. The van der Waals surface area contributed by atoms with Crippen molar-refractivity contribution < 1.29 is 14.2 Å². The molecule has 2 aliphatic heterocycles. The molecular formula is C11H21NO3. The van der Waals surface area contributed by atoms with Crippen LogP contribution in [0.4, 0.5) is 0 Å². The molecule has 4 nitrogen and oxygen atoms in total. The molecule has 15 heavy (non-hydrogen) atoms. The van der Waals surface area contributed by atoms with Crippen molar-refractivity contribution in [3.8, 4) is 0 Å². The fraction of sp³-hybridized carbons (Fsp3) is 1.00. The van der Waals surface area contributed by atoms with Crippen LogP contribution in [-0.4, -0.2) is 51.2 Å². The first-order chi connectivity index (χ1) is 7.34. The lowest BCUT2D eigenvalue weighted by Crippen LogP contribution is -2.46. The Kier molecular flexibility index (Phi) is 4.38. The molecule has 0 amide bonds. The molecule has 2 saturated heterocycles. The lowest BCUT2D eigenvalue weighted by Gasteiger charge is -2.30. The average molecular weight is 215 g/mol. The molecule has 3 atom stereocenters. The molecule has 2 rings (SSSR count). The first-order valence-corrected chi connectivity index (χ1v) is 5.90. The van der Waals surface area contributed by atoms with Crippen LogP contribution >= 0.6 is 0 Å². The summed E-state index contributed by atoms with van der Waals surface area (Å²) in [6, 6.07) is 0. The maximum absolute atomic E-state index is 5.78. The Morgan fingerprint density at radius 1 is 1.40 bits per heavy atom. The normalized spacial score (nSPS) is 37.8. The van der Waals surface area contributed by atoms with Crippen LogP contribution in [0.1, 0.15) is 19.8 Å². The number of nitrogens with one attached hydrogen (secondary N) is 1. The highest BCUT2D eigenvalue weighted by Crippen LogP contribution is 2.11. The van der Waals surface area contributed by atoms with Crippen LogP contribution in [0, 0.1) is 0 Å². The molecule has 1 N–H and O–H groups in total. The van der Waals surface area contributed by atoms with Gasteiger partial charge in [-0.15, -0.1) is 0 Å². The van der Waals surface area contributed by atoms with Gasteiger partial charge in [-0.25, -0.2) is 0 Å². The van der Waals surface area contributed by atoms with Crippen molar-refractivity contribution in [1.82, 2.24) is 5.32 Å². The van der Waals surface area contributed by atoms with E-state index in [-0.39, 0.29) is 12.2 Å². The first-order valence-electron chi connectivity index (χ1n) is 5.90. The molecule has 0 aromatic rings. The summed E-state index contributed by atoms with van der Waals surface area (Å²) in [6.45, 7) is 6.25. The van der Waals surface area contributed by atoms with Gasteiger partial charge in [-0.2, -0.15) is 0 Å². The van der Waals surface area contributed by atoms with E-state index in [0.29, 0.717) is 12.7 Å². The second-order valence-electron chi connectivity index (χ2n) is 4.40. The predicted molar refractivity (Wildman–Crippen MR) is 57.0 cm³/mol. The summed E-state index contributed by atoms with van der Waals surface area (Å²) in [5, 5.41) is 3.34. The van der Waals surface area contributed by atoms with E-state index in [4.69, 9.17) is 14.2 Å². The molecule has 88 valence electrons. The molecule has 0 saturated carbocycles. The Balaban J connectivity index is 1.63. The molecule has 0 radical (unpaired) electrons. The second-order valence-corrected chi connectivity index (χ2v) is 4.40. The van der Waals surface area contributed by atoms with Gasteiger partial charge in [-0.05, 0) is 19.8 Å². The van der Waals surface area contributed by atoms with Gasteiger partial charge >= 0.3 is 0 Å². The zero-order valence-electron chi connectivity index (χ0n) is 9.41. The summed E-state index contributed by atoms with van der Waals surface area (Å²) in [6.07, 6.45) is 3.02. The minimum absolute atomic E-state index is 0.204. The summed E-state index contributed by atoms with van der Waals surface area (Å²) >= 11 is 0. The van der Waals surface area contributed by atoms with Crippen molar-refractivity contribution in [3.05, 3.63) is 0 Å². The van der Waals surface area contributed by atoms with E-state index in [2.05, 4.69) is 12.2 Å². The van der Waals surface area contributed by atoms with Crippen molar-refractivity contribution >= 4 is 0 Å². The summed E-state index contributed by atoms with van der Waals surface area (Å²) in [5.74, 6) is 0. The van der Waals surface area contributed by atoms with Crippen LogP contribution < -0.4 is 5.32 Å². The van der Waals surface area contributed by atoms with E-state index >= 15 is 0 Å². The Bertz CT molecular complexity index is 183. The minimum Gasteiger partial charge on any atom is -0.379 e. The van der Waals surface area contributed by atoms with Crippen LogP contribution in [0.25, 0.3) is 0 Å². The Morgan fingerprint density at radius 3 is 3.07 bits per heavy atom. The molecule has 0 aromatic carbocycles. The van der Waals surface area contributed by atoms with E-state index in [1.165, 1.54) is 0 Å². The monoisotopic (exact) mass is 215 g/mol. The van der Waals surface area contributed by atoms with E-state index in [1.807, 2.05) is 0 Å². The summed E-state index contributed by atoms with van der Waals surface area (Å²) in [5.41, 5.74) is 0. The Morgan fingerprint density at radius 2 is 2.33 bits per heavy atom. The quantitative estimate of drug-likeness (QED) is 0.746. The fourth-order valence-corrected chi connectivity index (χ4v) is 2.06. The minimum atomic E-state index is 0.204. The van der Waals surface area contributed by atoms with Gasteiger partial charge < -0.3 is 19.5 Å². The summed E-state index contributed by atoms with van der Waals surface area (Å²) < 4.78 is 16.9.